The minimum absolute atomic E-state index is 0.0236. The maximum Gasteiger partial charge on any atom is 0.407 e. The Morgan fingerprint density at radius 3 is 2.21 bits per heavy atom. The Hall–Kier alpha value is -3.35. The van der Waals surface area contributed by atoms with Gasteiger partial charge in [0.2, 0.25) is 5.91 Å². The Balaban J connectivity index is 1.23. The van der Waals surface area contributed by atoms with E-state index >= 15 is 0 Å². The zero-order valence-corrected chi connectivity index (χ0v) is 19.5. The van der Waals surface area contributed by atoms with E-state index in [0.717, 1.165) is 17.5 Å². The molecule has 2 N–H and O–H groups in total. The number of carboxylic acid groups (broad SMARTS) is 1. The van der Waals surface area contributed by atoms with E-state index in [9.17, 15) is 19.5 Å². The molecule has 178 valence electrons. The number of carbonyl (C=O) groups is 3. The minimum atomic E-state index is -0.889. The van der Waals surface area contributed by atoms with E-state index in [4.69, 9.17) is 4.74 Å². The third-order valence-electron chi connectivity index (χ3n) is 7.97. The monoisotopic (exact) mass is 462 g/mol. The SMILES string of the molecule is CC1(C(=O)O)CN(C(=O)C2(C)CCCC2NC(=O)OCC2c3ccccc3-c3ccccc32)C1. The molecule has 1 heterocycles. The van der Waals surface area contributed by atoms with Crippen LogP contribution >= 0.6 is 0 Å². The molecule has 0 radical (unpaired) electrons. The summed E-state index contributed by atoms with van der Waals surface area (Å²) in [4.78, 5) is 39.0. The average Bonchev–Trinajstić information content (AvgIpc) is 3.33. The molecule has 2 atom stereocenters. The van der Waals surface area contributed by atoms with Crippen LogP contribution in [-0.2, 0) is 14.3 Å². The summed E-state index contributed by atoms with van der Waals surface area (Å²) in [6, 6.07) is 16.0. The van der Waals surface area contributed by atoms with Gasteiger partial charge in [0, 0.05) is 25.0 Å². The standard InChI is InChI=1S/C27H30N2O5/c1-26(24(31)32)15-29(16-26)23(30)27(2)13-7-12-22(27)28-25(33)34-14-21-19-10-5-3-8-17(19)18-9-4-6-11-20(18)21/h3-6,8-11,21-22H,7,12-16H2,1-2H3,(H,28,33)(H,31,32). The van der Waals surface area contributed by atoms with Crippen LogP contribution in [0.1, 0.15) is 50.2 Å². The summed E-state index contributed by atoms with van der Waals surface area (Å²) in [7, 11) is 0. The fraction of sp³-hybridized carbons (Fsp3) is 0.444. The number of nitrogens with zero attached hydrogens (tertiary/aromatic N) is 1. The van der Waals surface area contributed by atoms with Crippen molar-refractivity contribution in [3.63, 3.8) is 0 Å². The molecule has 2 aromatic rings. The Kier molecular flexibility index (Phi) is 5.38. The fourth-order valence-electron chi connectivity index (χ4n) is 5.87. The molecule has 1 saturated heterocycles. The molecular weight excluding hydrogens is 432 g/mol. The normalized spacial score (nSPS) is 24.6. The van der Waals surface area contributed by atoms with Crippen molar-refractivity contribution in [3.05, 3.63) is 59.7 Å². The Morgan fingerprint density at radius 2 is 1.62 bits per heavy atom. The van der Waals surface area contributed by atoms with Gasteiger partial charge in [-0.25, -0.2) is 4.79 Å². The zero-order chi connectivity index (χ0) is 24.1. The average molecular weight is 463 g/mol. The molecule has 1 saturated carbocycles. The molecule has 1 aliphatic heterocycles. The lowest BCUT2D eigenvalue weighted by Crippen LogP contribution is -2.64. The molecule has 5 rings (SSSR count). The number of nitrogens with one attached hydrogen (secondary N) is 1. The lowest BCUT2D eigenvalue weighted by atomic mass is 9.77. The summed E-state index contributed by atoms with van der Waals surface area (Å²) < 4.78 is 5.69. The van der Waals surface area contributed by atoms with Crippen LogP contribution < -0.4 is 5.32 Å². The van der Waals surface area contributed by atoms with Crippen LogP contribution in [0.25, 0.3) is 11.1 Å². The van der Waals surface area contributed by atoms with E-state index in [1.54, 1.807) is 11.8 Å². The number of benzene rings is 2. The first-order valence-electron chi connectivity index (χ1n) is 11.9. The highest BCUT2D eigenvalue weighted by Crippen LogP contribution is 2.45. The molecular formula is C27H30N2O5. The summed E-state index contributed by atoms with van der Waals surface area (Å²) in [6.45, 7) is 4.15. The highest BCUT2D eigenvalue weighted by atomic mass is 16.5. The summed E-state index contributed by atoms with van der Waals surface area (Å²) >= 11 is 0. The first-order valence-corrected chi connectivity index (χ1v) is 11.9. The zero-order valence-electron chi connectivity index (χ0n) is 19.5. The van der Waals surface area contributed by atoms with Crippen molar-refractivity contribution in [2.45, 2.75) is 45.1 Å². The Labute approximate surface area is 199 Å². The molecule has 7 nitrogen and oxygen atoms in total. The number of carboxylic acids is 1. The molecule has 0 aromatic heterocycles. The first-order chi connectivity index (χ1) is 16.2. The Morgan fingerprint density at radius 1 is 1.03 bits per heavy atom. The third-order valence-corrected chi connectivity index (χ3v) is 7.97. The number of fused-ring (bicyclic) bond motifs is 3. The second kappa shape index (κ2) is 8.15. The number of amides is 2. The lowest BCUT2D eigenvalue weighted by Gasteiger charge is -2.48. The number of rotatable bonds is 5. The molecule has 2 fully saturated rings. The number of carbonyl (C=O) groups excluding carboxylic acids is 2. The van der Waals surface area contributed by atoms with Crippen molar-refractivity contribution in [1.29, 1.82) is 0 Å². The van der Waals surface area contributed by atoms with Gasteiger partial charge in [-0.1, -0.05) is 55.0 Å². The smallest absolute Gasteiger partial charge is 0.407 e. The van der Waals surface area contributed by atoms with Gasteiger partial charge in [-0.15, -0.1) is 0 Å². The molecule has 2 aromatic carbocycles. The van der Waals surface area contributed by atoms with Crippen LogP contribution in [0.4, 0.5) is 4.79 Å². The van der Waals surface area contributed by atoms with E-state index in [1.165, 1.54) is 11.1 Å². The molecule has 34 heavy (non-hydrogen) atoms. The van der Waals surface area contributed by atoms with Gasteiger partial charge in [-0.3, -0.25) is 9.59 Å². The number of aliphatic carboxylic acids is 1. The number of likely N-dealkylation sites (tertiary alicyclic amines) is 1. The van der Waals surface area contributed by atoms with Crippen LogP contribution in [-0.4, -0.2) is 53.7 Å². The van der Waals surface area contributed by atoms with E-state index in [2.05, 4.69) is 29.6 Å². The number of alkyl carbamates (subject to hydrolysis) is 1. The quantitative estimate of drug-likeness (QED) is 0.700. The fourth-order valence-corrected chi connectivity index (χ4v) is 5.87. The third kappa shape index (κ3) is 3.54. The molecule has 0 bridgehead atoms. The maximum absolute atomic E-state index is 13.2. The van der Waals surface area contributed by atoms with Gasteiger partial charge in [-0.05, 0) is 48.9 Å². The predicted molar refractivity (Wildman–Crippen MR) is 126 cm³/mol. The molecule has 2 amide bonds. The van der Waals surface area contributed by atoms with Crippen molar-refractivity contribution in [2.75, 3.05) is 19.7 Å². The minimum Gasteiger partial charge on any atom is -0.481 e. The van der Waals surface area contributed by atoms with Crippen LogP contribution in [0.2, 0.25) is 0 Å². The lowest BCUT2D eigenvalue weighted by molar-refractivity contribution is -0.168. The summed E-state index contributed by atoms with van der Waals surface area (Å²) in [5.41, 5.74) is 2.99. The summed E-state index contributed by atoms with van der Waals surface area (Å²) in [6.07, 6.45) is 1.64. The number of ether oxygens (including phenoxy) is 1. The van der Waals surface area contributed by atoms with Crippen LogP contribution in [0.3, 0.4) is 0 Å². The van der Waals surface area contributed by atoms with Gasteiger partial charge >= 0.3 is 12.1 Å². The van der Waals surface area contributed by atoms with E-state index < -0.39 is 22.9 Å². The van der Waals surface area contributed by atoms with Gasteiger partial charge in [-0.2, -0.15) is 0 Å². The molecule has 3 aliphatic rings. The van der Waals surface area contributed by atoms with Crippen molar-refractivity contribution < 1.29 is 24.2 Å². The maximum atomic E-state index is 13.2. The summed E-state index contributed by atoms with van der Waals surface area (Å²) in [5.74, 6) is -1.00. The highest BCUT2D eigenvalue weighted by Gasteiger charge is 2.54. The van der Waals surface area contributed by atoms with E-state index in [1.807, 2.05) is 31.2 Å². The molecule has 2 aliphatic carbocycles. The van der Waals surface area contributed by atoms with Crippen molar-refractivity contribution >= 4 is 18.0 Å². The second-order valence-corrected chi connectivity index (χ2v) is 10.4. The van der Waals surface area contributed by atoms with Gasteiger partial charge in [0.15, 0.2) is 0 Å². The van der Waals surface area contributed by atoms with Gasteiger partial charge in [0.1, 0.15) is 6.61 Å². The number of hydrogen-bond acceptors (Lipinski definition) is 4. The predicted octanol–water partition coefficient (Wildman–Crippen LogP) is 4.02. The van der Waals surface area contributed by atoms with E-state index in [-0.39, 0.29) is 37.6 Å². The van der Waals surface area contributed by atoms with Crippen molar-refractivity contribution in [2.24, 2.45) is 10.8 Å². The summed E-state index contributed by atoms with van der Waals surface area (Å²) in [5, 5.41) is 12.3. The molecule has 2 unspecified atom stereocenters. The largest absolute Gasteiger partial charge is 0.481 e. The van der Waals surface area contributed by atoms with Gasteiger partial charge < -0.3 is 20.1 Å². The molecule has 7 heteroatoms. The van der Waals surface area contributed by atoms with E-state index in [0.29, 0.717) is 12.8 Å². The van der Waals surface area contributed by atoms with Gasteiger partial charge in [0.25, 0.3) is 0 Å². The van der Waals surface area contributed by atoms with Crippen molar-refractivity contribution in [1.82, 2.24) is 10.2 Å². The van der Waals surface area contributed by atoms with Gasteiger partial charge in [0.05, 0.1) is 10.8 Å². The highest BCUT2D eigenvalue weighted by molar-refractivity contribution is 5.88. The van der Waals surface area contributed by atoms with Crippen LogP contribution in [0, 0.1) is 10.8 Å². The first kappa shape index (κ1) is 22.4. The molecule has 0 spiro atoms. The van der Waals surface area contributed by atoms with Crippen LogP contribution in [0.5, 0.6) is 0 Å². The number of hydrogen-bond donors (Lipinski definition) is 2. The van der Waals surface area contributed by atoms with Crippen LogP contribution in [0.15, 0.2) is 48.5 Å². The van der Waals surface area contributed by atoms with Crippen molar-refractivity contribution in [3.8, 4) is 11.1 Å². The second-order valence-electron chi connectivity index (χ2n) is 10.4. The topological polar surface area (TPSA) is 95.9 Å². The Bertz CT molecular complexity index is 1110.